The van der Waals surface area contributed by atoms with Crippen LogP contribution >= 0.6 is 11.6 Å². The lowest BCUT2D eigenvalue weighted by molar-refractivity contribution is -0.129. The largest absolute Gasteiger partial charge is 0.449 e. The molecule has 1 aromatic carbocycles. The Morgan fingerprint density at radius 3 is 2.59 bits per heavy atom. The van der Waals surface area contributed by atoms with Gasteiger partial charge in [-0.05, 0) is 56.9 Å². The molecule has 0 bridgehead atoms. The van der Waals surface area contributed by atoms with E-state index in [1.165, 1.54) is 55.1 Å². The molecule has 1 heterocycles. The van der Waals surface area contributed by atoms with Crippen molar-refractivity contribution in [2.24, 2.45) is 5.92 Å². The molecule has 6 nitrogen and oxygen atoms in total. The third kappa shape index (κ3) is 5.15. The van der Waals surface area contributed by atoms with Crippen LogP contribution in [0.4, 0.5) is 4.39 Å². The Morgan fingerprint density at radius 2 is 1.93 bits per heavy atom. The Hall–Kier alpha value is -2.41. The second kappa shape index (κ2) is 9.39. The monoisotopic (exact) mass is 421 g/mol. The number of amides is 1. The van der Waals surface area contributed by atoms with Gasteiger partial charge in [0.05, 0.1) is 11.4 Å². The molecule has 156 valence electrons. The summed E-state index contributed by atoms with van der Waals surface area (Å²) in [5.74, 6) is -0.951. The normalized spacial score (nSPS) is 15.7. The van der Waals surface area contributed by atoms with Crippen molar-refractivity contribution in [2.75, 3.05) is 6.54 Å². The number of benzene rings is 1. The zero-order valence-electron chi connectivity index (χ0n) is 16.6. The summed E-state index contributed by atoms with van der Waals surface area (Å²) >= 11 is 6.33. The summed E-state index contributed by atoms with van der Waals surface area (Å²) in [5.41, 5.74) is 0.957. The SMILES string of the molecule is Cc1nn(-c2ccc(F)cc2)c(Cl)c1C(=O)OC(C)C(=O)NCC1CCCCC1. The maximum absolute atomic E-state index is 13.1. The average molecular weight is 422 g/mol. The van der Waals surface area contributed by atoms with Crippen LogP contribution in [0.3, 0.4) is 0 Å². The summed E-state index contributed by atoms with van der Waals surface area (Å²) in [4.78, 5) is 24.9. The molecular weight excluding hydrogens is 397 g/mol. The lowest BCUT2D eigenvalue weighted by Gasteiger charge is -2.22. The number of rotatable bonds is 6. The second-order valence-electron chi connectivity index (χ2n) is 7.44. The highest BCUT2D eigenvalue weighted by Crippen LogP contribution is 2.25. The van der Waals surface area contributed by atoms with Crippen molar-refractivity contribution in [2.45, 2.75) is 52.1 Å². The number of esters is 1. The molecule has 29 heavy (non-hydrogen) atoms. The Kier molecular flexibility index (Phi) is 6.90. The van der Waals surface area contributed by atoms with Gasteiger partial charge in [-0.3, -0.25) is 4.79 Å². The summed E-state index contributed by atoms with van der Waals surface area (Å²) in [6.07, 6.45) is 4.93. The Balaban J connectivity index is 1.63. The van der Waals surface area contributed by atoms with E-state index in [0.29, 0.717) is 23.8 Å². The van der Waals surface area contributed by atoms with Crippen molar-refractivity contribution in [1.29, 1.82) is 0 Å². The molecular formula is C21H25ClFN3O3. The second-order valence-corrected chi connectivity index (χ2v) is 7.79. The average Bonchev–Trinajstić information content (AvgIpc) is 3.01. The van der Waals surface area contributed by atoms with Crippen LogP contribution in [0.1, 0.15) is 55.1 Å². The third-order valence-electron chi connectivity index (χ3n) is 5.22. The molecule has 0 aliphatic heterocycles. The fraction of sp³-hybridized carbons (Fsp3) is 0.476. The van der Waals surface area contributed by atoms with E-state index >= 15 is 0 Å². The topological polar surface area (TPSA) is 73.2 Å². The van der Waals surface area contributed by atoms with Crippen LogP contribution < -0.4 is 5.32 Å². The summed E-state index contributed by atoms with van der Waals surface area (Å²) in [5, 5.41) is 7.16. The van der Waals surface area contributed by atoms with Crippen LogP contribution in [0.25, 0.3) is 5.69 Å². The zero-order chi connectivity index (χ0) is 21.0. The lowest BCUT2D eigenvalue weighted by Crippen LogP contribution is -2.38. The fourth-order valence-electron chi connectivity index (χ4n) is 3.54. The van der Waals surface area contributed by atoms with E-state index in [4.69, 9.17) is 16.3 Å². The van der Waals surface area contributed by atoms with E-state index in [0.717, 1.165) is 12.8 Å². The van der Waals surface area contributed by atoms with E-state index in [1.54, 1.807) is 6.92 Å². The van der Waals surface area contributed by atoms with Gasteiger partial charge in [0.2, 0.25) is 0 Å². The van der Waals surface area contributed by atoms with Gasteiger partial charge in [0.15, 0.2) is 6.10 Å². The molecule has 0 radical (unpaired) electrons. The van der Waals surface area contributed by atoms with Gasteiger partial charge in [0.25, 0.3) is 5.91 Å². The molecule has 1 aliphatic rings. The standard InChI is InChI=1S/C21H25ClFN3O3/c1-13-18(19(22)26(25-13)17-10-8-16(23)9-11-17)21(28)29-14(2)20(27)24-12-15-6-4-3-5-7-15/h8-11,14-15H,3-7,12H2,1-2H3,(H,24,27). The molecule has 1 fully saturated rings. The molecule has 1 aliphatic carbocycles. The van der Waals surface area contributed by atoms with Crippen LogP contribution in [0.5, 0.6) is 0 Å². The van der Waals surface area contributed by atoms with Crippen molar-refractivity contribution < 1.29 is 18.7 Å². The number of nitrogens with zero attached hydrogens (tertiary/aromatic N) is 2. The van der Waals surface area contributed by atoms with Crippen LogP contribution in [0.15, 0.2) is 24.3 Å². The molecule has 1 saturated carbocycles. The number of hydrogen-bond acceptors (Lipinski definition) is 4. The Morgan fingerprint density at radius 1 is 1.28 bits per heavy atom. The van der Waals surface area contributed by atoms with Gasteiger partial charge in [-0.25, -0.2) is 13.9 Å². The maximum Gasteiger partial charge on any atom is 0.344 e. The molecule has 3 rings (SSSR count). The van der Waals surface area contributed by atoms with Gasteiger partial charge >= 0.3 is 5.97 Å². The van der Waals surface area contributed by atoms with Crippen molar-refractivity contribution >= 4 is 23.5 Å². The van der Waals surface area contributed by atoms with Gasteiger partial charge in [0, 0.05) is 6.54 Å². The molecule has 1 unspecified atom stereocenters. The summed E-state index contributed by atoms with van der Waals surface area (Å²) < 4.78 is 19.8. The van der Waals surface area contributed by atoms with Crippen molar-refractivity contribution in [1.82, 2.24) is 15.1 Å². The predicted molar refractivity (Wildman–Crippen MR) is 108 cm³/mol. The smallest absolute Gasteiger partial charge is 0.344 e. The summed E-state index contributed by atoms with van der Waals surface area (Å²) in [6, 6.07) is 5.56. The van der Waals surface area contributed by atoms with Gasteiger partial charge in [-0.15, -0.1) is 0 Å². The third-order valence-corrected chi connectivity index (χ3v) is 5.57. The van der Waals surface area contributed by atoms with E-state index in [1.807, 2.05) is 0 Å². The number of carbonyl (C=O) groups excluding carboxylic acids is 2. The predicted octanol–water partition coefficient (Wildman–Crippen LogP) is 4.22. The first-order chi connectivity index (χ1) is 13.9. The molecule has 1 amide bonds. The van der Waals surface area contributed by atoms with Gasteiger partial charge < -0.3 is 10.1 Å². The van der Waals surface area contributed by atoms with E-state index in [-0.39, 0.29) is 22.4 Å². The van der Waals surface area contributed by atoms with Crippen LogP contribution in [-0.2, 0) is 9.53 Å². The number of aromatic nitrogens is 2. The summed E-state index contributed by atoms with van der Waals surface area (Å²) in [7, 11) is 0. The summed E-state index contributed by atoms with van der Waals surface area (Å²) in [6.45, 7) is 3.75. The van der Waals surface area contributed by atoms with E-state index in [9.17, 15) is 14.0 Å². The first kappa shape index (κ1) is 21.3. The molecule has 1 atom stereocenters. The first-order valence-corrected chi connectivity index (χ1v) is 10.2. The molecule has 0 spiro atoms. The highest BCUT2D eigenvalue weighted by atomic mass is 35.5. The van der Waals surface area contributed by atoms with Crippen molar-refractivity contribution in [3.8, 4) is 5.69 Å². The number of aryl methyl sites for hydroxylation is 1. The van der Waals surface area contributed by atoms with Crippen molar-refractivity contribution in [3.05, 3.63) is 46.5 Å². The molecule has 0 saturated heterocycles. The van der Waals surface area contributed by atoms with E-state index < -0.39 is 12.1 Å². The van der Waals surface area contributed by atoms with Gasteiger partial charge in [-0.2, -0.15) is 5.10 Å². The number of halogens is 2. The van der Waals surface area contributed by atoms with Gasteiger partial charge in [-0.1, -0.05) is 30.9 Å². The highest BCUT2D eigenvalue weighted by Gasteiger charge is 2.26. The Labute approximate surface area is 174 Å². The van der Waals surface area contributed by atoms with Crippen LogP contribution in [0.2, 0.25) is 5.15 Å². The quantitative estimate of drug-likeness (QED) is 0.709. The number of hydrogen-bond donors (Lipinski definition) is 1. The molecule has 1 aromatic heterocycles. The molecule has 2 aromatic rings. The number of nitrogens with one attached hydrogen (secondary N) is 1. The van der Waals surface area contributed by atoms with E-state index in [2.05, 4.69) is 10.4 Å². The van der Waals surface area contributed by atoms with Crippen LogP contribution in [0, 0.1) is 18.7 Å². The van der Waals surface area contributed by atoms with Crippen LogP contribution in [-0.4, -0.2) is 34.3 Å². The minimum Gasteiger partial charge on any atom is -0.449 e. The lowest BCUT2D eigenvalue weighted by atomic mass is 9.89. The number of ether oxygens (including phenoxy) is 1. The number of carbonyl (C=O) groups is 2. The highest BCUT2D eigenvalue weighted by molar-refractivity contribution is 6.33. The van der Waals surface area contributed by atoms with Crippen molar-refractivity contribution in [3.63, 3.8) is 0 Å². The fourth-order valence-corrected chi connectivity index (χ4v) is 3.89. The minimum absolute atomic E-state index is 0.0499. The minimum atomic E-state index is -0.948. The Bertz CT molecular complexity index is 876. The maximum atomic E-state index is 13.1. The first-order valence-electron chi connectivity index (χ1n) is 9.86. The zero-order valence-corrected chi connectivity index (χ0v) is 17.3. The molecule has 8 heteroatoms. The van der Waals surface area contributed by atoms with Gasteiger partial charge in [0.1, 0.15) is 16.5 Å². The molecule has 1 N–H and O–H groups in total.